The molecule has 0 heterocycles. The zero-order valence-corrected chi connectivity index (χ0v) is 9.90. The molecule has 0 aliphatic rings. The summed E-state index contributed by atoms with van der Waals surface area (Å²) < 4.78 is 4.14. The number of carbonyl (C=O) groups excluding carboxylic acids is 1. The molecule has 0 aromatic heterocycles. The zero-order chi connectivity index (χ0) is 12.2. The van der Waals surface area contributed by atoms with Gasteiger partial charge in [0.25, 0.3) is 0 Å². The van der Waals surface area contributed by atoms with E-state index in [0.29, 0.717) is 6.54 Å². The molecule has 88 valence electrons. The van der Waals surface area contributed by atoms with Crippen molar-refractivity contribution in [3.63, 3.8) is 0 Å². The summed E-state index contributed by atoms with van der Waals surface area (Å²) in [6.45, 7) is 9.87. The van der Waals surface area contributed by atoms with Crippen molar-refractivity contribution >= 4 is 12.2 Å². The second kappa shape index (κ2) is 5.00. The summed E-state index contributed by atoms with van der Waals surface area (Å²) in [5.41, 5.74) is -0.448. The molecule has 0 aliphatic carbocycles. The molecule has 0 saturated heterocycles. The van der Waals surface area contributed by atoms with Crippen LogP contribution in [0.1, 0.15) is 34.6 Å². The Balaban J connectivity index is 4.63. The van der Waals surface area contributed by atoms with E-state index in [-0.39, 0.29) is 5.92 Å². The molecule has 5 heteroatoms. The molecule has 0 rings (SSSR count). The minimum Gasteiger partial charge on any atom is -0.449 e. The second-order valence-electron chi connectivity index (χ2n) is 4.81. The van der Waals surface area contributed by atoms with Gasteiger partial charge in [0, 0.05) is 12.1 Å². The molecule has 1 N–H and O–H groups in total. The zero-order valence-electron chi connectivity index (χ0n) is 9.90. The fraction of sp³-hybridized carbons (Fsp3) is 0.800. The van der Waals surface area contributed by atoms with Gasteiger partial charge in [0.2, 0.25) is 0 Å². The Labute approximate surface area is 90.0 Å². The SMILES string of the molecule is CC(C)CN(C(=O)OC(=O)O)C(C)(C)C. The predicted octanol–water partition coefficient (Wildman–Crippen LogP) is 2.56. The monoisotopic (exact) mass is 217 g/mol. The lowest BCUT2D eigenvalue weighted by Crippen LogP contribution is -2.48. The van der Waals surface area contributed by atoms with E-state index in [9.17, 15) is 9.59 Å². The molecular weight excluding hydrogens is 198 g/mol. The summed E-state index contributed by atoms with van der Waals surface area (Å²) in [5.74, 6) is 0.255. The van der Waals surface area contributed by atoms with Gasteiger partial charge in [0.1, 0.15) is 0 Å². The maximum absolute atomic E-state index is 11.5. The summed E-state index contributed by atoms with van der Waals surface area (Å²) >= 11 is 0. The van der Waals surface area contributed by atoms with Crippen LogP contribution in [0.4, 0.5) is 9.59 Å². The average molecular weight is 217 g/mol. The Morgan fingerprint density at radius 2 is 1.80 bits per heavy atom. The van der Waals surface area contributed by atoms with E-state index in [1.807, 2.05) is 34.6 Å². The number of ether oxygens (including phenoxy) is 1. The molecule has 0 unspecified atom stereocenters. The van der Waals surface area contributed by atoms with Crippen molar-refractivity contribution in [2.24, 2.45) is 5.92 Å². The summed E-state index contributed by atoms with van der Waals surface area (Å²) in [6.07, 6.45) is -2.39. The molecule has 0 saturated carbocycles. The molecule has 0 fully saturated rings. The van der Waals surface area contributed by atoms with Gasteiger partial charge >= 0.3 is 12.2 Å². The Morgan fingerprint density at radius 3 is 2.07 bits per heavy atom. The Kier molecular flexibility index (Phi) is 4.58. The van der Waals surface area contributed by atoms with Crippen LogP contribution in [-0.4, -0.2) is 34.3 Å². The number of carboxylic acid groups (broad SMARTS) is 1. The van der Waals surface area contributed by atoms with Gasteiger partial charge in [-0.1, -0.05) is 13.8 Å². The largest absolute Gasteiger partial charge is 0.514 e. The first-order valence-corrected chi connectivity index (χ1v) is 4.87. The van der Waals surface area contributed by atoms with Crippen molar-refractivity contribution in [2.75, 3.05) is 6.54 Å². The Morgan fingerprint density at radius 1 is 1.33 bits per heavy atom. The van der Waals surface area contributed by atoms with Gasteiger partial charge in [0.05, 0.1) is 0 Å². The topological polar surface area (TPSA) is 66.8 Å². The predicted molar refractivity (Wildman–Crippen MR) is 55.8 cm³/mol. The standard InChI is InChI=1S/C10H19NO4/c1-7(2)6-11(10(3,4)5)8(12)15-9(13)14/h7H,6H2,1-5H3,(H,13,14). The number of nitrogens with zero attached hydrogens (tertiary/aromatic N) is 1. The van der Waals surface area contributed by atoms with Crippen LogP contribution in [0.2, 0.25) is 0 Å². The molecule has 1 amide bonds. The average Bonchev–Trinajstić information content (AvgIpc) is 1.95. The molecule has 0 spiro atoms. The van der Waals surface area contributed by atoms with Crippen molar-refractivity contribution in [1.29, 1.82) is 0 Å². The fourth-order valence-corrected chi connectivity index (χ4v) is 1.12. The van der Waals surface area contributed by atoms with E-state index >= 15 is 0 Å². The second-order valence-corrected chi connectivity index (χ2v) is 4.81. The summed E-state index contributed by atoms with van der Waals surface area (Å²) in [7, 11) is 0. The highest BCUT2D eigenvalue weighted by atomic mass is 16.7. The first-order valence-electron chi connectivity index (χ1n) is 4.87. The van der Waals surface area contributed by atoms with Crippen LogP contribution in [0.5, 0.6) is 0 Å². The third-order valence-electron chi connectivity index (χ3n) is 1.75. The Hall–Kier alpha value is -1.26. The molecular formula is C10H19NO4. The molecule has 15 heavy (non-hydrogen) atoms. The molecule has 0 aromatic carbocycles. The van der Waals surface area contributed by atoms with Gasteiger partial charge in [0.15, 0.2) is 0 Å². The minimum absolute atomic E-state index is 0.255. The van der Waals surface area contributed by atoms with Crippen LogP contribution in [0.25, 0.3) is 0 Å². The van der Waals surface area contributed by atoms with Gasteiger partial charge < -0.3 is 14.7 Å². The smallest absolute Gasteiger partial charge is 0.449 e. The summed E-state index contributed by atoms with van der Waals surface area (Å²) in [6, 6.07) is 0. The molecule has 0 aliphatic heterocycles. The molecule has 5 nitrogen and oxygen atoms in total. The number of rotatable bonds is 2. The fourth-order valence-electron chi connectivity index (χ4n) is 1.12. The van der Waals surface area contributed by atoms with Crippen molar-refractivity contribution in [3.05, 3.63) is 0 Å². The molecule has 0 bridgehead atoms. The van der Waals surface area contributed by atoms with Crippen molar-refractivity contribution in [3.8, 4) is 0 Å². The molecule has 0 aromatic rings. The van der Waals surface area contributed by atoms with Gasteiger partial charge in [-0.25, -0.2) is 9.59 Å². The number of amides is 1. The number of carbonyl (C=O) groups is 2. The highest BCUT2D eigenvalue weighted by Gasteiger charge is 2.29. The van der Waals surface area contributed by atoms with E-state index in [0.717, 1.165) is 0 Å². The third kappa shape index (κ3) is 5.24. The van der Waals surface area contributed by atoms with Crippen LogP contribution in [0.3, 0.4) is 0 Å². The molecule has 0 atom stereocenters. The van der Waals surface area contributed by atoms with Crippen LogP contribution in [0, 0.1) is 5.92 Å². The van der Waals surface area contributed by atoms with E-state index in [2.05, 4.69) is 4.74 Å². The lowest BCUT2D eigenvalue weighted by molar-refractivity contribution is 0.0598. The number of hydrogen-bond acceptors (Lipinski definition) is 3. The first kappa shape index (κ1) is 13.7. The van der Waals surface area contributed by atoms with Crippen LogP contribution in [-0.2, 0) is 4.74 Å². The highest BCUT2D eigenvalue weighted by molar-refractivity contribution is 5.80. The Bertz CT molecular complexity index is 242. The lowest BCUT2D eigenvalue weighted by Gasteiger charge is -2.35. The van der Waals surface area contributed by atoms with E-state index < -0.39 is 17.8 Å². The quantitative estimate of drug-likeness (QED) is 0.570. The highest BCUT2D eigenvalue weighted by Crippen LogP contribution is 2.16. The van der Waals surface area contributed by atoms with Gasteiger partial charge in [-0.15, -0.1) is 0 Å². The molecule has 0 radical (unpaired) electrons. The van der Waals surface area contributed by atoms with Crippen LogP contribution in [0.15, 0.2) is 0 Å². The summed E-state index contributed by atoms with van der Waals surface area (Å²) in [4.78, 5) is 23.1. The maximum Gasteiger partial charge on any atom is 0.514 e. The van der Waals surface area contributed by atoms with Crippen LogP contribution >= 0.6 is 0 Å². The van der Waals surface area contributed by atoms with Crippen molar-refractivity contribution in [1.82, 2.24) is 4.90 Å². The normalized spacial score (nSPS) is 11.3. The van der Waals surface area contributed by atoms with E-state index in [4.69, 9.17) is 5.11 Å². The maximum atomic E-state index is 11.5. The van der Waals surface area contributed by atoms with Crippen molar-refractivity contribution in [2.45, 2.75) is 40.2 Å². The summed E-state index contributed by atoms with van der Waals surface area (Å²) in [5, 5.41) is 8.36. The van der Waals surface area contributed by atoms with Gasteiger partial charge in [-0.3, -0.25) is 0 Å². The van der Waals surface area contributed by atoms with E-state index in [1.165, 1.54) is 4.90 Å². The van der Waals surface area contributed by atoms with Crippen molar-refractivity contribution < 1.29 is 19.4 Å². The number of hydrogen-bond donors (Lipinski definition) is 1. The minimum atomic E-state index is -1.57. The van der Waals surface area contributed by atoms with Gasteiger partial charge in [-0.2, -0.15) is 0 Å². The van der Waals surface area contributed by atoms with E-state index in [1.54, 1.807) is 0 Å². The van der Waals surface area contributed by atoms with Gasteiger partial charge in [-0.05, 0) is 26.7 Å². The lowest BCUT2D eigenvalue weighted by atomic mass is 10.0. The first-order chi connectivity index (χ1) is 6.64. The van der Waals surface area contributed by atoms with Crippen LogP contribution < -0.4 is 0 Å². The third-order valence-corrected chi connectivity index (χ3v) is 1.75.